The maximum absolute atomic E-state index is 12.3. The summed E-state index contributed by atoms with van der Waals surface area (Å²) in [5.41, 5.74) is 1.54. The largest absolute Gasteiger partial charge is 0.326 e. The van der Waals surface area contributed by atoms with E-state index in [1.165, 1.54) is 4.90 Å². The molecule has 1 aromatic carbocycles. The zero-order valence-electron chi connectivity index (χ0n) is 13.4. The molecular formula is C18H19ClN2O3. The number of nitrogens with one attached hydrogen (secondary N) is 1. The number of benzene rings is 1. The summed E-state index contributed by atoms with van der Waals surface area (Å²) in [6.07, 6.45) is 5.22. The summed E-state index contributed by atoms with van der Waals surface area (Å²) in [4.78, 5) is 38.0. The molecule has 2 atom stereocenters. The Morgan fingerprint density at radius 3 is 2.42 bits per heavy atom. The highest BCUT2D eigenvalue weighted by Gasteiger charge is 2.46. The van der Waals surface area contributed by atoms with Crippen molar-refractivity contribution in [3.63, 3.8) is 0 Å². The van der Waals surface area contributed by atoms with Crippen LogP contribution in [0.25, 0.3) is 0 Å². The van der Waals surface area contributed by atoms with Crippen LogP contribution in [-0.2, 0) is 14.4 Å². The first-order valence-electron chi connectivity index (χ1n) is 8.03. The molecule has 0 saturated carbocycles. The van der Waals surface area contributed by atoms with Gasteiger partial charge in [-0.25, -0.2) is 0 Å². The van der Waals surface area contributed by atoms with Gasteiger partial charge in [0.2, 0.25) is 17.7 Å². The molecule has 3 rings (SSSR count). The SMILES string of the molecule is Cc1cc(Cl)ccc1NC(=O)CCN1C(=O)C2CC=CCC2C1=O. The number of hydrogen-bond acceptors (Lipinski definition) is 3. The van der Waals surface area contributed by atoms with Crippen molar-refractivity contribution in [3.05, 3.63) is 40.9 Å². The number of halogens is 1. The van der Waals surface area contributed by atoms with Crippen molar-refractivity contribution in [2.75, 3.05) is 11.9 Å². The number of imide groups is 1. The van der Waals surface area contributed by atoms with Crippen LogP contribution in [0.1, 0.15) is 24.8 Å². The highest BCUT2D eigenvalue weighted by molar-refractivity contribution is 6.30. The van der Waals surface area contributed by atoms with E-state index in [9.17, 15) is 14.4 Å². The summed E-state index contributed by atoms with van der Waals surface area (Å²) < 4.78 is 0. The van der Waals surface area contributed by atoms with Gasteiger partial charge in [-0.05, 0) is 43.5 Å². The minimum atomic E-state index is -0.246. The Kier molecular flexibility index (Phi) is 4.71. The first kappa shape index (κ1) is 16.7. The van der Waals surface area contributed by atoms with E-state index in [4.69, 9.17) is 11.6 Å². The van der Waals surface area contributed by atoms with Crippen LogP contribution in [0, 0.1) is 18.8 Å². The highest BCUT2D eigenvalue weighted by atomic mass is 35.5. The number of aryl methyl sites for hydroxylation is 1. The zero-order chi connectivity index (χ0) is 17.3. The summed E-state index contributed by atoms with van der Waals surface area (Å²) in [5.74, 6) is -1.02. The molecule has 6 heteroatoms. The van der Waals surface area contributed by atoms with Crippen LogP contribution in [0.2, 0.25) is 5.02 Å². The van der Waals surface area contributed by atoms with Crippen LogP contribution in [0.4, 0.5) is 5.69 Å². The smallest absolute Gasteiger partial charge is 0.233 e. The van der Waals surface area contributed by atoms with Gasteiger partial charge in [0.15, 0.2) is 0 Å². The average molecular weight is 347 g/mol. The van der Waals surface area contributed by atoms with Crippen LogP contribution >= 0.6 is 11.6 Å². The monoisotopic (exact) mass is 346 g/mol. The molecule has 0 bridgehead atoms. The summed E-state index contributed by atoms with van der Waals surface area (Å²) in [7, 11) is 0. The van der Waals surface area contributed by atoms with Crippen molar-refractivity contribution in [2.45, 2.75) is 26.2 Å². The molecule has 0 aromatic heterocycles. The molecule has 24 heavy (non-hydrogen) atoms. The lowest BCUT2D eigenvalue weighted by Crippen LogP contribution is -2.34. The van der Waals surface area contributed by atoms with E-state index >= 15 is 0 Å². The molecule has 1 heterocycles. The van der Waals surface area contributed by atoms with E-state index in [1.807, 2.05) is 19.1 Å². The maximum Gasteiger partial charge on any atom is 0.233 e. The van der Waals surface area contributed by atoms with Crippen molar-refractivity contribution in [2.24, 2.45) is 11.8 Å². The third-order valence-electron chi connectivity index (χ3n) is 4.62. The second-order valence-corrected chi connectivity index (χ2v) is 6.68. The number of hydrogen-bond donors (Lipinski definition) is 1. The lowest BCUT2D eigenvalue weighted by Gasteiger charge is -2.15. The zero-order valence-corrected chi connectivity index (χ0v) is 14.2. The van der Waals surface area contributed by atoms with Crippen molar-refractivity contribution < 1.29 is 14.4 Å². The van der Waals surface area contributed by atoms with Crippen molar-refractivity contribution in [1.29, 1.82) is 0 Å². The first-order valence-corrected chi connectivity index (χ1v) is 8.41. The van der Waals surface area contributed by atoms with Gasteiger partial charge in [-0.3, -0.25) is 19.3 Å². The van der Waals surface area contributed by atoms with Gasteiger partial charge >= 0.3 is 0 Å². The molecule has 0 spiro atoms. The second-order valence-electron chi connectivity index (χ2n) is 6.24. The minimum Gasteiger partial charge on any atom is -0.326 e. The van der Waals surface area contributed by atoms with E-state index in [1.54, 1.807) is 18.2 Å². The number of carbonyl (C=O) groups is 3. The van der Waals surface area contributed by atoms with Crippen molar-refractivity contribution in [1.82, 2.24) is 4.90 Å². The Morgan fingerprint density at radius 2 is 1.83 bits per heavy atom. The fraction of sp³-hybridized carbons (Fsp3) is 0.389. The topological polar surface area (TPSA) is 66.5 Å². The van der Waals surface area contributed by atoms with Gasteiger partial charge in [-0.1, -0.05) is 23.8 Å². The van der Waals surface area contributed by atoms with Gasteiger partial charge in [0.05, 0.1) is 11.8 Å². The number of rotatable bonds is 4. The molecule has 0 radical (unpaired) electrons. The normalized spacial score (nSPS) is 22.7. The predicted octanol–water partition coefficient (Wildman–Crippen LogP) is 2.93. The fourth-order valence-corrected chi connectivity index (χ4v) is 3.51. The summed E-state index contributed by atoms with van der Waals surface area (Å²) in [6.45, 7) is 1.98. The Bertz CT molecular complexity index is 703. The van der Waals surface area contributed by atoms with Gasteiger partial charge < -0.3 is 5.32 Å². The van der Waals surface area contributed by atoms with Crippen LogP contribution in [0.3, 0.4) is 0 Å². The molecule has 3 amide bonds. The van der Waals surface area contributed by atoms with Crippen LogP contribution in [-0.4, -0.2) is 29.2 Å². The first-order chi connectivity index (χ1) is 11.5. The predicted molar refractivity (Wildman–Crippen MR) is 91.5 cm³/mol. The van der Waals surface area contributed by atoms with E-state index < -0.39 is 0 Å². The van der Waals surface area contributed by atoms with Gasteiger partial charge in [0.25, 0.3) is 0 Å². The van der Waals surface area contributed by atoms with Gasteiger partial charge in [-0.2, -0.15) is 0 Å². The van der Waals surface area contributed by atoms with E-state index in [-0.39, 0.29) is 42.5 Å². The second kappa shape index (κ2) is 6.77. The lowest BCUT2D eigenvalue weighted by atomic mass is 9.85. The minimum absolute atomic E-state index is 0.0897. The molecule has 5 nitrogen and oxygen atoms in total. The Morgan fingerprint density at radius 1 is 1.21 bits per heavy atom. The number of amides is 3. The van der Waals surface area contributed by atoms with Crippen LogP contribution in [0.15, 0.2) is 30.4 Å². The lowest BCUT2D eigenvalue weighted by molar-refractivity contribution is -0.140. The molecule has 2 unspecified atom stereocenters. The molecule has 1 fully saturated rings. The van der Waals surface area contributed by atoms with Crippen molar-refractivity contribution in [3.8, 4) is 0 Å². The standard InChI is InChI=1S/C18H19ClN2O3/c1-11-10-12(19)6-7-15(11)20-16(22)8-9-21-17(23)13-4-2-3-5-14(13)18(21)24/h2-3,6-7,10,13-14H,4-5,8-9H2,1H3,(H,20,22). The Hall–Kier alpha value is -2.14. The molecule has 126 valence electrons. The number of allylic oxidation sites excluding steroid dienone is 2. The highest BCUT2D eigenvalue weighted by Crippen LogP contribution is 2.35. The van der Waals surface area contributed by atoms with E-state index in [0.29, 0.717) is 23.6 Å². The van der Waals surface area contributed by atoms with Crippen LogP contribution < -0.4 is 5.32 Å². The quantitative estimate of drug-likeness (QED) is 0.673. The van der Waals surface area contributed by atoms with E-state index in [0.717, 1.165) is 5.56 Å². The molecule has 1 aliphatic heterocycles. The van der Waals surface area contributed by atoms with Crippen molar-refractivity contribution >= 4 is 35.0 Å². The Labute approximate surface area is 145 Å². The maximum atomic E-state index is 12.3. The number of nitrogens with zero attached hydrogens (tertiary/aromatic N) is 1. The number of likely N-dealkylation sites (tertiary alicyclic amines) is 1. The molecular weight excluding hydrogens is 328 g/mol. The van der Waals surface area contributed by atoms with Gasteiger partial charge in [0, 0.05) is 23.7 Å². The van der Waals surface area contributed by atoms with Gasteiger partial charge in [0.1, 0.15) is 0 Å². The average Bonchev–Trinajstić information content (AvgIpc) is 2.80. The molecule has 1 aromatic rings. The summed E-state index contributed by atoms with van der Waals surface area (Å²) in [6, 6.07) is 5.21. The van der Waals surface area contributed by atoms with Crippen LogP contribution in [0.5, 0.6) is 0 Å². The number of carbonyl (C=O) groups excluding carboxylic acids is 3. The molecule has 1 N–H and O–H groups in total. The Balaban J connectivity index is 1.58. The molecule has 1 saturated heterocycles. The molecule has 2 aliphatic rings. The number of fused-ring (bicyclic) bond motifs is 1. The fourth-order valence-electron chi connectivity index (χ4n) is 3.28. The number of anilines is 1. The third kappa shape index (κ3) is 3.22. The summed E-state index contributed by atoms with van der Waals surface area (Å²) >= 11 is 5.89. The van der Waals surface area contributed by atoms with Gasteiger partial charge in [-0.15, -0.1) is 0 Å². The van der Waals surface area contributed by atoms with E-state index in [2.05, 4.69) is 5.32 Å². The third-order valence-corrected chi connectivity index (χ3v) is 4.86. The molecule has 1 aliphatic carbocycles. The summed E-state index contributed by atoms with van der Waals surface area (Å²) in [5, 5.41) is 3.40.